The van der Waals surface area contributed by atoms with Gasteiger partial charge in [-0.2, -0.15) is 0 Å². The lowest BCUT2D eigenvalue weighted by molar-refractivity contribution is -0.136. The summed E-state index contributed by atoms with van der Waals surface area (Å²) in [7, 11) is 0. The minimum atomic E-state index is -0.401. The fourth-order valence-corrected chi connectivity index (χ4v) is 2.16. The van der Waals surface area contributed by atoms with Gasteiger partial charge in [-0.25, -0.2) is 4.79 Å². The van der Waals surface area contributed by atoms with Crippen molar-refractivity contribution in [2.75, 3.05) is 6.61 Å². The van der Waals surface area contributed by atoms with Gasteiger partial charge in [-0.05, 0) is 51.0 Å². The summed E-state index contributed by atoms with van der Waals surface area (Å²) in [6.45, 7) is 7.79. The monoisotopic (exact) mass is 284 g/mol. The van der Waals surface area contributed by atoms with E-state index in [1.54, 1.807) is 6.07 Å². The van der Waals surface area contributed by atoms with E-state index < -0.39 is 5.97 Å². The molecule has 0 heterocycles. The van der Waals surface area contributed by atoms with Crippen molar-refractivity contribution < 1.29 is 14.3 Å². The Morgan fingerprint density at radius 2 is 1.38 bits per heavy atom. The molecule has 0 aliphatic rings. The summed E-state index contributed by atoms with van der Waals surface area (Å²) >= 11 is 0. The molecular weight excluding hydrogens is 264 g/mol. The van der Waals surface area contributed by atoms with Crippen molar-refractivity contribution in [3.8, 4) is 11.5 Å². The van der Waals surface area contributed by atoms with Gasteiger partial charge in [0.15, 0.2) is 6.61 Å². The van der Waals surface area contributed by atoms with E-state index in [-0.39, 0.29) is 6.61 Å². The van der Waals surface area contributed by atoms with Crippen LogP contribution in [0.3, 0.4) is 0 Å². The number of carbonyl (C=O) groups excluding carboxylic acids is 1. The molecule has 2 aromatic carbocycles. The van der Waals surface area contributed by atoms with Crippen molar-refractivity contribution in [3.63, 3.8) is 0 Å². The van der Waals surface area contributed by atoms with Crippen molar-refractivity contribution >= 4 is 5.97 Å². The molecule has 0 fully saturated rings. The molecule has 0 saturated heterocycles. The second-order valence-electron chi connectivity index (χ2n) is 5.30. The standard InChI is InChI=1S/C18H20O3/c1-12-5-7-16(14(3)9-12)20-11-18(19)21-17-8-6-13(2)10-15(17)4/h5-10H,11H2,1-4H3. The Bertz CT molecular complexity index is 660. The van der Waals surface area contributed by atoms with Crippen LogP contribution in [0.25, 0.3) is 0 Å². The molecule has 0 aromatic heterocycles. The zero-order valence-corrected chi connectivity index (χ0v) is 12.9. The second-order valence-corrected chi connectivity index (χ2v) is 5.30. The van der Waals surface area contributed by atoms with Gasteiger partial charge in [-0.1, -0.05) is 35.4 Å². The van der Waals surface area contributed by atoms with E-state index >= 15 is 0 Å². The van der Waals surface area contributed by atoms with Gasteiger partial charge >= 0.3 is 5.97 Å². The molecule has 3 heteroatoms. The van der Waals surface area contributed by atoms with Crippen molar-refractivity contribution in [1.29, 1.82) is 0 Å². The molecule has 0 aliphatic carbocycles. The Morgan fingerprint density at radius 1 is 0.857 bits per heavy atom. The van der Waals surface area contributed by atoms with Crippen LogP contribution >= 0.6 is 0 Å². The maximum Gasteiger partial charge on any atom is 0.349 e. The SMILES string of the molecule is Cc1ccc(OCC(=O)Oc2ccc(C)cc2C)c(C)c1. The van der Waals surface area contributed by atoms with Crippen LogP contribution in [0.1, 0.15) is 22.3 Å². The number of aryl methyl sites for hydroxylation is 4. The molecule has 0 N–H and O–H groups in total. The van der Waals surface area contributed by atoms with Crippen LogP contribution in [0.5, 0.6) is 11.5 Å². The van der Waals surface area contributed by atoms with E-state index in [9.17, 15) is 4.79 Å². The van der Waals surface area contributed by atoms with Gasteiger partial charge in [0.1, 0.15) is 11.5 Å². The fraction of sp³-hybridized carbons (Fsp3) is 0.278. The molecule has 3 nitrogen and oxygen atoms in total. The predicted octanol–water partition coefficient (Wildman–Crippen LogP) is 3.90. The molecule has 0 spiro atoms. The number of esters is 1. The molecule has 0 amide bonds. The maximum absolute atomic E-state index is 11.9. The van der Waals surface area contributed by atoms with E-state index in [1.807, 2.05) is 58.0 Å². The molecule has 0 bridgehead atoms. The molecule has 0 unspecified atom stereocenters. The number of hydrogen-bond acceptors (Lipinski definition) is 3. The normalized spacial score (nSPS) is 10.3. The molecule has 21 heavy (non-hydrogen) atoms. The molecule has 110 valence electrons. The van der Waals surface area contributed by atoms with E-state index in [4.69, 9.17) is 9.47 Å². The minimum Gasteiger partial charge on any atom is -0.482 e. The highest BCUT2D eigenvalue weighted by Gasteiger charge is 2.09. The van der Waals surface area contributed by atoms with Crippen molar-refractivity contribution in [2.45, 2.75) is 27.7 Å². The maximum atomic E-state index is 11.9. The Labute approximate surface area is 125 Å². The summed E-state index contributed by atoms with van der Waals surface area (Å²) in [6.07, 6.45) is 0. The topological polar surface area (TPSA) is 35.5 Å². The van der Waals surface area contributed by atoms with E-state index in [2.05, 4.69) is 0 Å². The zero-order valence-electron chi connectivity index (χ0n) is 12.9. The number of carbonyl (C=O) groups is 1. The van der Waals surface area contributed by atoms with Crippen molar-refractivity contribution in [3.05, 3.63) is 58.7 Å². The van der Waals surface area contributed by atoms with Gasteiger partial charge in [0.2, 0.25) is 0 Å². The van der Waals surface area contributed by atoms with E-state index in [0.717, 1.165) is 22.3 Å². The largest absolute Gasteiger partial charge is 0.482 e. The van der Waals surface area contributed by atoms with Gasteiger partial charge < -0.3 is 9.47 Å². The first-order valence-corrected chi connectivity index (χ1v) is 6.93. The average Bonchev–Trinajstić information content (AvgIpc) is 2.41. The quantitative estimate of drug-likeness (QED) is 0.631. The summed E-state index contributed by atoms with van der Waals surface area (Å²) in [6, 6.07) is 11.5. The smallest absolute Gasteiger partial charge is 0.349 e. The summed E-state index contributed by atoms with van der Waals surface area (Å²) in [5.74, 6) is 0.884. The van der Waals surface area contributed by atoms with Gasteiger partial charge in [-0.3, -0.25) is 0 Å². The number of benzene rings is 2. The lowest BCUT2D eigenvalue weighted by atomic mass is 10.1. The summed E-state index contributed by atoms with van der Waals surface area (Å²) in [5, 5.41) is 0. The average molecular weight is 284 g/mol. The Balaban J connectivity index is 1.96. The zero-order chi connectivity index (χ0) is 15.4. The third kappa shape index (κ3) is 4.09. The Kier molecular flexibility index (Phi) is 4.63. The van der Waals surface area contributed by atoms with E-state index in [0.29, 0.717) is 11.5 Å². The van der Waals surface area contributed by atoms with Crippen LogP contribution < -0.4 is 9.47 Å². The Hall–Kier alpha value is -2.29. The van der Waals surface area contributed by atoms with Gasteiger partial charge in [-0.15, -0.1) is 0 Å². The number of hydrogen-bond donors (Lipinski definition) is 0. The van der Waals surface area contributed by atoms with Crippen LogP contribution in [-0.2, 0) is 4.79 Å². The van der Waals surface area contributed by atoms with Gasteiger partial charge in [0.05, 0.1) is 0 Å². The Morgan fingerprint density at radius 3 is 1.90 bits per heavy atom. The molecule has 0 atom stereocenters. The fourth-order valence-electron chi connectivity index (χ4n) is 2.16. The molecular formula is C18H20O3. The third-order valence-electron chi connectivity index (χ3n) is 3.23. The van der Waals surface area contributed by atoms with Crippen LogP contribution in [0.2, 0.25) is 0 Å². The molecule has 0 saturated carbocycles. The number of rotatable bonds is 4. The highest BCUT2D eigenvalue weighted by atomic mass is 16.6. The molecule has 0 aliphatic heterocycles. The highest BCUT2D eigenvalue weighted by Crippen LogP contribution is 2.20. The lowest BCUT2D eigenvalue weighted by Crippen LogP contribution is -2.18. The third-order valence-corrected chi connectivity index (χ3v) is 3.23. The van der Waals surface area contributed by atoms with Crippen LogP contribution in [0.15, 0.2) is 36.4 Å². The van der Waals surface area contributed by atoms with Crippen LogP contribution in [-0.4, -0.2) is 12.6 Å². The summed E-state index contributed by atoms with van der Waals surface area (Å²) in [5.41, 5.74) is 4.25. The van der Waals surface area contributed by atoms with Gasteiger partial charge in [0.25, 0.3) is 0 Å². The first-order chi connectivity index (χ1) is 9.95. The molecule has 0 radical (unpaired) electrons. The van der Waals surface area contributed by atoms with Crippen molar-refractivity contribution in [1.82, 2.24) is 0 Å². The minimum absolute atomic E-state index is 0.1000. The van der Waals surface area contributed by atoms with E-state index in [1.165, 1.54) is 0 Å². The van der Waals surface area contributed by atoms with Crippen LogP contribution in [0.4, 0.5) is 0 Å². The van der Waals surface area contributed by atoms with Crippen molar-refractivity contribution in [2.24, 2.45) is 0 Å². The lowest BCUT2D eigenvalue weighted by Gasteiger charge is -2.11. The second kappa shape index (κ2) is 6.44. The first kappa shape index (κ1) is 15.1. The summed E-state index contributed by atoms with van der Waals surface area (Å²) in [4.78, 5) is 11.9. The first-order valence-electron chi connectivity index (χ1n) is 6.93. The van der Waals surface area contributed by atoms with Crippen LogP contribution in [0, 0.1) is 27.7 Å². The number of ether oxygens (including phenoxy) is 2. The molecule has 2 aromatic rings. The highest BCUT2D eigenvalue weighted by molar-refractivity contribution is 5.74. The predicted molar refractivity (Wildman–Crippen MR) is 83.0 cm³/mol. The summed E-state index contributed by atoms with van der Waals surface area (Å²) < 4.78 is 10.8. The molecule has 2 rings (SSSR count). The van der Waals surface area contributed by atoms with Gasteiger partial charge in [0, 0.05) is 0 Å².